The molecule has 0 saturated heterocycles. The zero-order valence-electron chi connectivity index (χ0n) is 10.9. The van der Waals surface area contributed by atoms with Crippen molar-refractivity contribution in [2.45, 2.75) is 71.5 Å². The molecule has 0 bridgehead atoms. The molecule has 16 heavy (non-hydrogen) atoms. The minimum Gasteiger partial charge on any atom is -0.375 e. The smallest absolute Gasteiger partial charge is 0.120 e. The number of rotatable bonds is 6. The van der Waals surface area contributed by atoms with E-state index in [0.29, 0.717) is 18.1 Å². The predicted molar refractivity (Wildman–Crippen MR) is 66.4 cm³/mol. The molecular formula is C14H26O2. The zero-order chi connectivity index (χ0) is 12.0. The van der Waals surface area contributed by atoms with E-state index in [4.69, 9.17) is 4.74 Å². The lowest BCUT2D eigenvalue weighted by atomic mass is 9.78. The average molecular weight is 226 g/mol. The fraction of sp³-hybridized carbons (Fsp3) is 0.929. The summed E-state index contributed by atoms with van der Waals surface area (Å²) in [6.07, 6.45) is 8.57. The van der Waals surface area contributed by atoms with Crippen LogP contribution < -0.4 is 0 Å². The SMILES string of the molecule is CCC(C)OC1CCC(C(C)CC=O)CC1. The molecule has 2 nitrogen and oxygen atoms in total. The lowest BCUT2D eigenvalue weighted by Gasteiger charge is -2.32. The molecule has 0 aliphatic heterocycles. The van der Waals surface area contributed by atoms with E-state index in [9.17, 15) is 4.79 Å². The lowest BCUT2D eigenvalue weighted by Crippen LogP contribution is -2.27. The number of carbonyl (C=O) groups excluding carboxylic acids is 1. The van der Waals surface area contributed by atoms with Gasteiger partial charge in [-0.2, -0.15) is 0 Å². The second-order valence-corrected chi connectivity index (χ2v) is 5.27. The average Bonchev–Trinajstić information content (AvgIpc) is 2.30. The zero-order valence-corrected chi connectivity index (χ0v) is 10.9. The highest BCUT2D eigenvalue weighted by molar-refractivity contribution is 5.49. The van der Waals surface area contributed by atoms with E-state index in [-0.39, 0.29) is 0 Å². The van der Waals surface area contributed by atoms with Gasteiger partial charge in [-0.1, -0.05) is 13.8 Å². The highest BCUT2D eigenvalue weighted by Crippen LogP contribution is 2.33. The van der Waals surface area contributed by atoms with E-state index in [1.807, 2.05) is 0 Å². The van der Waals surface area contributed by atoms with Gasteiger partial charge in [-0.25, -0.2) is 0 Å². The van der Waals surface area contributed by atoms with Crippen LogP contribution in [0, 0.1) is 11.8 Å². The Kier molecular flexibility index (Phi) is 6.04. The topological polar surface area (TPSA) is 26.3 Å². The molecule has 0 amide bonds. The third-order valence-corrected chi connectivity index (χ3v) is 3.99. The Labute approximate surface area is 99.8 Å². The maximum absolute atomic E-state index is 10.5. The minimum atomic E-state index is 0.397. The van der Waals surface area contributed by atoms with Crippen molar-refractivity contribution in [2.75, 3.05) is 0 Å². The first kappa shape index (κ1) is 13.7. The molecule has 0 aromatic heterocycles. The highest BCUT2D eigenvalue weighted by atomic mass is 16.5. The molecule has 1 fully saturated rings. The number of aldehydes is 1. The summed E-state index contributed by atoms with van der Waals surface area (Å²) in [6, 6.07) is 0. The van der Waals surface area contributed by atoms with Crippen molar-refractivity contribution in [3.63, 3.8) is 0 Å². The first-order chi connectivity index (χ1) is 7.67. The molecule has 0 aromatic carbocycles. The van der Waals surface area contributed by atoms with E-state index in [2.05, 4.69) is 20.8 Å². The Hall–Kier alpha value is -0.370. The van der Waals surface area contributed by atoms with E-state index in [1.165, 1.54) is 25.7 Å². The summed E-state index contributed by atoms with van der Waals surface area (Å²) in [5.74, 6) is 1.30. The van der Waals surface area contributed by atoms with Crippen LogP contribution in [-0.2, 0) is 9.53 Å². The monoisotopic (exact) mass is 226 g/mol. The summed E-state index contributed by atoms with van der Waals surface area (Å²) in [5.41, 5.74) is 0. The van der Waals surface area contributed by atoms with E-state index in [1.54, 1.807) is 0 Å². The Bertz CT molecular complexity index is 195. The molecule has 0 heterocycles. The molecule has 0 radical (unpaired) electrons. The second-order valence-electron chi connectivity index (χ2n) is 5.27. The third kappa shape index (κ3) is 4.25. The van der Waals surface area contributed by atoms with Gasteiger partial charge in [0, 0.05) is 6.42 Å². The maximum atomic E-state index is 10.5. The van der Waals surface area contributed by atoms with Crippen LogP contribution in [0.4, 0.5) is 0 Å². The molecule has 1 aliphatic rings. The van der Waals surface area contributed by atoms with Crippen LogP contribution in [0.15, 0.2) is 0 Å². The number of hydrogen-bond donors (Lipinski definition) is 0. The Balaban J connectivity index is 2.25. The summed E-state index contributed by atoms with van der Waals surface area (Å²) >= 11 is 0. The van der Waals surface area contributed by atoms with E-state index in [0.717, 1.165) is 25.0 Å². The minimum absolute atomic E-state index is 0.397. The molecule has 0 aromatic rings. The maximum Gasteiger partial charge on any atom is 0.120 e. The van der Waals surface area contributed by atoms with Crippen LogP contribution in [0.1, 0.15) is 59.3 Å². The second kappa shape index (κ2) is 7.05. The van der Waals surface area contributed by atoms with Crippen molar-refractivity contribution in [1.29, 1.82) is 0 Å². The van der Waals surface area contributed by atoms with Gasteiger partial charge in [0.1, 0.15) is 6.29 Å². The normalized spacial score (nSPS) is 29.7. The van der Waals surface area contributed by atoms with Gasteiger partial charge in [-0.05, 0) is 50.9 Å². The van der Waals surface area contributed by atoms with Crippen LogP contribution in [0.3, 0.4) is 0 Å². The largest absolute Gasteiger partial charge is 0.375 e. The van der Waals surface area contributed by atoms with E-state index >= 15 is 0 Å². The van der Waals surface area contributed by atoms with Crippen molar-refractivity contribution < 1.29 is 9.53 Å². The molecule has 1 aliphatic carbocycles. The third-order valence-electron chi connectivity index (χ3n) is 3.99. The first-order valence-corrected chi connectivity index (χ1v) is 6.76. The lowest BCUT2D eigenvalue weighted by molar-refractivity contribution is -0.109. The van der Waals surface area contributed by atoms with E-state index < -0.39 is 0 Å². The standard InChI is InChI=1S/C14H26O2/c1-4-12(3)16-14-7-5-13(6-8-14)11(2)9-10-15/h10-14H,4-9H2,1-3H3. The summed E-state index contributed by atoms with van der Waals surface area (Å²) in [6.45, 7) is 6.53. The molecular weight excluding hydrogens is 200 g/mol. The van der Waals surface area contributed by atoms with Crippen LogP contribution in [0.25, 0.3) is 0 Å². The molecule has 94 valence electrons. The van der Waals surface area contributed by atoms with Crippen molar-refractivity contribution in [3.05, 3.63) is 0 Å². The van der Waals surface area contributed by atoms with Crippen LogP contribution >= 0.6 is 0 Å². The number of carbonyl (C=O) groups is 1. The summed E-state index contributed by atoms with van der Waals surface area (Å²) in [7, 11) is 0. The number of hydrogen-bond acceptors (Lipinski definition) is 2. The van der Waals surface area contributed by atoms with Crippen LogP contribution in [-0.4, -0.2) is 18.5 Å². The van der Waals surface area contributed by atoms with Crippen molar-refractivity contribution >= 4 is 6.29 Å². The highest BCUT2D eigenvalue weighted by Gasteiger charge is 2.25. The first-order valence-electron chi connectivity index (χ1n) is 6.76. The molecule has 2 atom stereocenters. The van der Waals surface area contributed by atoms with Gasteiger partial charge < -0.3 is 9.53 Å². The molecule has 1 rings (SSSR count). The summed E-state index contributed by atoms with van der Waals surface area (Å²) in [4.78, 5) is 10.5. The molecule has 2 unspecified atom stereocenters. The molecule has 0 spiro atoms. The molecule has 0 N–H and O–H groups in total. The molecule has 2 heteroatoms. The van der Waals surface area contributed by atoms with Gasteiger partial charge in [0.15, 0.2) is 0 Å². The molecule has 1 saturated carbocycles. The predicted octanol–water partition coefficient (Wildman–Crippen LogP) is 3.59. The summed E-state index contributed by atoms with van der Waals surface area (Å²) < 4.78 is 5.96. The van der Waals surface area contributed by atoms with Gasteiger partial charge in [-0.15, -0.1) is 0 Å². The van der Waals surface area contributed by atoms with Gasteiger partial charge in [-0.3, -0.25) is 0 Å². The summed E-state index contributed by atoms with van der Waals surface area (Å²) in [5, 5.41) is 0. The van der Waals surface area contributed by atoms with Gasteiger partial charge >= 0.3 is 0 Å². The Morgan fingerprint density at radius 2 is 1.88 bits per heavy atom. The Morgan fingerprint density at radius 1 is 1.25 bits per heavy atom. The van der Waals surface area contributed by atoms with Gasteiger partial charge in [0.05, 0.1) is 12.2 Å². The Morgan fingerprint density at radius 3 is 2.38 bits per heavy atom. The quantitative estimate of drug-likeness (QED) is 0.647. The van der Waals surface area contributed by atoms with Crippen molar-refractivity contribution in [2.24, 2.45) is 11.8 Å². The van der Waals surface area contributed by atoms with Crippen molar-refractivity contribution in [3.8, 4) is 0 Å². The van der Waals surface area contributed by atoms with Crippen LogP contribution in [0.5, 0.6) is 0 Å². The fourth-order valence-electron chi connectivity index (χ4n) is 2.56. The van der Waals surface area contributed by atoms with Crippen LogP contribution in [0.2, 0.25) is 0 Å². The van der Waals surface area contributed by atoms with Gasteiger partial charge in [0.2, 0.25) is 0 Å². The number of ether oxygens (including phenoxy) is 1. The fourth-order valence-corrected chi connectivity index (χ4v) is 2.56. The van der Waals surface area contributed by atoms with Gasteiger partial charge in [0.25, 0.3) is 0 Å². The van der Waals surface area contributed by atoms with Crippen molar-refractivity contribution in [1.82, 2.24) is 0 Å².